The average Bonchev–Trinajstić information content (AvgIpc) is 4.04. The van der Waals surface area contributed by atoms with E-state index in [4.69, 9.17) is 14.2 Å². The minimum Gasteiger partial charge on any atom is -0.465 e. The number of benzene rings is 3. The lowest BCUT2D eigenvalue weighted by Crippen LogP contribution is -2.43. The molecule has 0 radical (unpaired) electrons. The van der Waals surface area contributed by atoms with Crippen LogP contribution in [0.5, 0.6) is 0 Å². The molecule has 3 atom stereocenters. The van der Waals surface area contributed by atoms with Crippen molar-refractivity contribution in [3.05, 3.63) is 159 Å². The number of unbranched alkanes of at least 4 members (excludes halogenated alkanes) is 1. The maximum atomic E-state index is 15.9. The second kappa shape index (κ2) is 26.9. The summed E-state index contributed by atoms with van der Waals surface area (Å²) in [6.07, 6.45) is 10.4. The topological polar surface area (TPSA) is 153 Å². The minimum atomic E-state index is -5.21. The molecule has 2 N–H and O–H groups in total. The van der Waals surface area contributed by atoms with E-state index in [1.54, 1.807) is 30.0 Å². The van der Waals surface area contributed by atoms with E-state index in [1.165, 1.54) is 42.0 Å². The first-order chi connectivity index (χ1) is 35.8. The Hall–Kier alpha value is -5.62. The van der Waals surface area contributed by atoms with Crippen LogP contribution >= 0.6 is 33.3 Å². The summed E-state index contributed by atoms with van der Waals surface area (Å²) in [4.78, 5) is 29.8. The fraction of sp³-hybridized carbons (Fsp3) is 0.424. The van der Waals surface area contributed by atoms with Crippen molar-refractivity contribution in [2.24, 2.45) is 11.3 Å². The Kier molecular flexibility index (Phi) is 21.1. The van der Waals surface area contributed by atoms with Gasteiger partial charge in [0.15, 0.2) is 11.3 Å². The smallest absolute Gasteiger partial charge is 0.437 e. The molecule has 10 nitrogen and oxygen atoms in total. The zero-order valence-corrected chi connectivity index (χ0v) is 45.6. The second-order valence-corrected chi connectivity index (χ2v) is 24.2. The summed E-state index contributed by atoms with van der Waals surface area (Å²) in [5.41, 5.74) is -2.07. The highest BCUT2D eigenvalue weighted by Gasteiger charge is 2.65. The van der Waals surface area contributed by atoms with Gasteiger partial charge < -0.3 is 29.3 Å². The Morgan fingerprint density at radius 1 is 0.907 bits per heavy atom. The summed E-state index contributed by atoms with van der Waals surface area (Å²) >= 11 is 1.64. The molecule has 0 saturated carbocycles. The van der Waals surface area contributed by atoms with Crippen LogP contribution in [-0.4, -0.2) is 78.8 Å². The first kappa shape index (κ1) is 58.6. The Morgan fingerprint density at radius 3 is 2.21 bits per heavy atom. The summed E-state index contributed by atoms with van der Waals surface area (Å²) < 4.78 is 63.8. The Morgan fingerprint density at radius 2 is 1.60 bits per heavy atom. The lowest BCUT2D eigenvalue weighted by atomic mass is 9.72. The van der Waals surface area contributed by atoms with Gasteiger partial charge in [0, 0.05) is 58.2 Å². The standard InChI is InChI=1S/C59H66F3N3O7S3/c1-56(2,3)44-23-27-47(28-24-44)74-54-42(37-57(4,5)38-43(54)22-19-41-20-25-46(26-21-41)65(30-32-66)31-33-67)13-9-11-17-51-49(39-63)53(72-58(51,59(60,61)62)45-14-7-6-8-15-45)50(40-64)55(69)71-35-34-70-52(68)18-12-10-16-48-29-36-73-75-48/h6-9,11,13-15,17,19-28,42,48,66-67H,10,12,16,18,29-38H2,1-5H3/b13-9+,17-11+,22-19+,53-50-. The lowest BCUT2D eigenvalue weighted by Gasteiger charge is -2.37. The molecule has 1 saturated heterocycles. The van der Waals surface area contributed by atoms with E-state index in [9.17, 15) is 30.3 Å². The van der Waals surface area contributed by atoms with E-state index in [0.717, 1.165) is 64.1 Å². The van der Waals surface area contributed by atoms with Crippen molar-refractivity contribution in [2.75, 3.05) is 50.2 Å². The number of halogens is 3. The van der Waals surface area contributed by atoms with Crippen LogP contribution in [-0.2, 0) is 34.8 Å². The third kappa shape index (κ3) is 15.5. The van der Waals surface area contributed by atoms with Crippen LogP contribution in [0.3, 0.4) is 0 Å². The summed E-state index contributed by atoms with van der Waals surface area (Å²) in [5, 5.41) is 40.6. The predicted octanol–water partition coefficient (Wildman–Crippen LogP) is 13.3. The van der Waals surface area contributed by atoms with Crippen molar-refractivity contribution in [1.82, 2.24) is 0 Å². The molecule has 6 rings (SSSR count). The van der Waals surface area contributed by atoms with E-state index >= 15 is 13.2 Å². The van der Waals surface area contributed by atoms with Gasteiger partial charge in [0.1, 0.15) is 30.9 Å². The number of alkyl halides is 3. The van der Waals surface area contributed by atoms with Gasteiger partial charge in [-0.2, -0.15) is 23.7 Å². The van der Waals surface area contributed by atoms with Gasteiger partial charge in [0.2, 0.25) is 0 Å². The van der Waals surface area contributed by atoms with Crippen molar-refractivity contribution in [1.29, 1.82) is 10.5 Å². The molecule has 0 amide bonds. The van der Waals surface area contributed by atoms with E-state index in [1.807, 2.05) is 62.9 Å². The quantitative estimate of drug-likeness (QED) is 0.0245. The highest BCUT2D eigenvalue weighted by molar-refractivity contribution is 8.77. The number of aliphatic hydroxyl groups is 2. The number of thioether (sulfide) groups is 1. The number of ether oxygens (including phenoxy) is 3. The fourth-order valence-corrected chi connectivity index (χ4v) is 13.4. The first-order valence-electron chi connectivity index (χ1n) is 25.2. The molecule has 0 aromatic heterocycles. The number of esters is 2. The number of hydrogen-bond acceptors (Lipinski definition) is 13. The van der Waals surface area contributed by atoms with Crippen molar-refractivity contribution in [3.63, 3.8) is 0 Å². The highest BCUT2D eigenvalue weighted by atomic mass is 33.1. The molecular formula is C59H66F3N3O7S3. The van der Waals surface area contributed by atoms with Gasteiger partial charge >= 0.3 is 18.1 Å². The normalized spacial score (nSPS) is 20.6. The third-order valence-corrected chi connectivity index (χ3v) is 17.4. The number of anilines is 1. The SMILES string of the molecule is CC1(C)CC(/C=C/c2ccc(N(CCO)CCO)cc2)=C(Sc2ccc(C(C)(C)C)cc2)C(/C=C/C=C/C2=C(C#N)C(=C(\C#N)C(=O)OCCOC(=O)CCCCC3CCSS3)/OC2(c2ccccc2)C(F)(F)F)C1. The zero-order chi connectivity index (χ0) is 54.2. The number of carbonyl (C=O) groups excluding carboxylic acids is 2. The molecule has 2 heterocycles. The summed E-state index contributed by atoms with van der Waals surface area (Å²) in [5.74, 6) is -1.78. The molecule has 398 valence electrons. The number of nitrogens with zero attached hydrogens (tertiary/aromatic N) is 3. The molecule has 3 aliphatic rings. The van der Waals surface area contributed by atoms with Gasteiger partial charge in [-0.15, -0.1) is 0 Å². The fourth-order valence-electron chi connectivity index (χ4n) is 9.28. The second-order valence-electron chi connectivity index (χ2n) is 20.3. The maximum absolute atomic E-state index is 15.9. The molecule has 0 spiro atoms. The average molecular weight is 1080 g/mol. The number of carbonyl (C=O) groups is 2. The minimum absolute atomic E-state index is 0.0481. The summed E-state index contributed by atoms with van der Waals surface area (Å²) in [7, 11) is 3.72. The van der Waals surface area contributed by atoms with Crippen LogP contribution in [0.25, 0.3) is 6.08 Å². The monoisotopic (exact) mass is 1080 g/mol. The van der Waals surface area contributed by atoms with E-state index in [0.29, 0.717) is 31.2 Å². The van der Waals surface area contributed by atoms with Crippen LogP contribution < -0.4 is 4.90 Å². The number of nitriles is 2. The van der Waals surface area contributed by atoms with Gasteiger partial charge in [-0.3, -0.25) is 4.79 Å². The highest BCUT2D eigenvalue weighted by Crippen LogP contribution is 2.56. The van der Waals surface area contributed by atoms with Crippen molar-refractivity contribution in [3.8, 4) is 12.1 Å². The summed E-state index contributed by atoms with van der Waals surface area (Å²) in [6.45, 7) is 10.7. The van der Waals surface area contributed by atoms with Crippen molar-refractivity contribution >= 4 is 57.1 Å². The van der Waals surface area contributed by atoms with Crippen LogP contribution in [0.2, 0.25) is 0 Å². The van der Waals surface area contributed by atoms with Crippen molar-refractivity contribution in [2.45, 2.75) is 107 Å². The lowest BCUT2D eigenvalue weighted by molar-refractivity contribution is -0.249. The van der Waals surface area contributed by atoms with E-state index in [-0.39, 0.29) is 48.6 Å². The molecule has 0 bridgehead atoms. The van der Waals surface area contributed by atoms with Crippen LogP contribution in [0.15, 0.2) is 147 Å². The summed E-state index contributed by atoms with van der Waals surface area (Å²) in [6, 6.07) is 26.5. The van der Waals surface area contributed by atoms with Gasteiger partial charge in [-0.1, -0.05) is 165 Å². The van der Waals surface area contributed by atoms with Gasteiger partial charge in [-0.05, 0) is 88.8 Å². The maximum Gasteiger partial charge on any atom is 0.437 e. The van der Waals surface area contributed by atoms with Gasteiger partial charge in [0.05, 0.1) is 13.2 Å². The number of aliphatic hydroxyl groups excluding tert-OH is 2. The third-order valence-electron chi connectivity index (χ3n) is 13.1. The molecule has 1 fully saturated rings. The van der Waals surface area contributed by atoms with E-state index in [2.05, 4.69) is 65.0 Å². The van der Waals surface area contributed by atoms with Crippen LogP contribution in [0.1, 0.15) is 96.3 Å². The predicted molar refractivity (Wildman–Crippen MR) is 294 cm³/mol. The zero-order valence-electron chi connectivity index (χ0n) is 43.2. The molecule has 2 aliphatic heterocycles. The first-order valence-corrected chi connectivity index (χ1v) is 28.4. The van der Waals surface area contributed by atoms with Crippen LogP contribution in [0, 0.1) is 34.0 Å². The number of allylic oxidation sites excluding steroid dienone is 7. The molecule has 16 heteroatoms. The molecule has 3 aromatic rings. The van der Waals surface area contributed by atoms with E-state index < -0.39 is 52.8 Å². The van der Waals surface area contributed by atoms with Crippen molar-refractivity contribution < 1.29 is 47.2 Å². The molecule has 1 aliphatic carbocycles. The van der Waals surface area contributed by atoms with Crippen LogP contribution in [0.4, 0.5) is 18.9 Å². The Balaban J connectivity index is 1.32. The van der Waals surface area contributed by atoms with Gasteiger partial charge in [-0.25, -0.2) is 4.79 Å². The number of hydrogen-bond donors (Lipinski definition) is 2. The molecular weight excluding hydrogens is 1020 g/mol. The van der Waals surface area contributed by atoms with Gasteiger partial charge in [0.25, 0.3) is 5.60 Å². The largest absolute Gasteiger partial charge is 0.465 e. The number of rotatable bonds is 22. The Bertz CT molecular complexity index is 2720. The molecule has 3 aromatic carbocycles. The molecule has 3 unspecified atom stereocenters. The molecule has 75 heavy (non-hydrogen) atoms. The Labute approximate surface area is 451 Å².